The van der Waals surface area contributed by atoms with Gasteiger partial charge in [0.1, 0.15) is 6.04 Å². The lowest BCUT2D eigenvalue weighted by molar-refractivity contribution is -0.141. The third kappa shape index (κ3) is 3.64. The topological polar surface area (TPSA) is 89.9 Å². The standard InChI is InChI=1S/C11H16N2O4/c1-2-3-4-5-12-11(17)13-7-8(14)6-9(13)10(15)16/h8-9,14H,4-7H2,1H3,(H,12,17)(H,15,16)/t8-,9-/m0/s1. The van der Waals surface area contributed by atoms with Crippen molar-refractivity contribution >= 4 is 12.0 Å². The van der Waals surface area contributed by atoms with Gasteiger partial charge >= 0.3 is 12.0 Å². The average Bonchev–Trinajstić information content (AvgIpc) is 2.66. The predicted octanol–water partition coefficient (Wildman–Crippen LogP) is -0.371. The van der Waals surface area contributed by atoms with Gasteiger partial charge in [-0.1, -0.05) is 0 Å². The second kappa shape index (κ2) is 6.11. The molecule has 0 bridgehead atoms. The number of nitrogens with zero attached hydrogens (tertiary/aromatic N) is 1. The molecule has 1 fully saturated rings. The number of carbonyl (C=O) groups excluding carboxylic acids is 1. The van der Waals surface area contributed by atoms with E-state index in [1.807, 2.05) is 0 Å². The van der Waals surface area contributed by atoms with E-state index in [4.69, 9.17) is 5.11 Å². The molecule has 6 heteroatoms. The number of rotatable bonds is 3. The third-order valence-electron chi connectivity index (χ3n) is 2.53. The van der Waals surface area contributed by atoms with Crippen LogP contribution in [-0.2, 0) is 4.79 Å². The molecule has 3 N–H and O–H groups in total. The molecule has 0 radical (unpaired) electrons. The smallest absolute Gasteiger partial charge is 0.326 e. The first-order chi connectivity index (χ1) is 8.06. The molecular weight excluding hydrogens is 224 g/mol. The van der Waals surface area contributed by atoms with Crippen LogP contribution in [0.2, 0.25) is 0 Å². The van der Waals surface area contributed by atoms with Crippen molar-refractivity contribution in [3.05, 3.63) is 0 Å². The van der Waals surface area contributed by atoms with Crippen molar-refractivity contribution in [2.75, 3.05) is 13.1 Å². The fraction of sp³-hybridized carbons (Fsp3) is 0.636. The van der Waals surface area contributed by atoms with Gasteiger partial charge in [-0.15, -0.1) is 11.8 Å². The number of aliphatic hydroxyl groups is 1. The Balaban J connectivity index is 2.48. The predicted molar refractivity (Wildman–Crippen MR) is 60.2 cm³/mol. The molecule has 17 heavy (non-hydrogen) atoms. The minimum Gasteiger partial charge on any atom is -0.480 e. The molecule has 0 saturated carbocycles. The Bertz CT molecular complexity index is 358. The van der Waals surface area contributed by atoms with E-state index in [1.165, 1.54) is 0 Å². The van der Waals surface area contributed by atoms with E-state index < -0.39 is 24.1 Å². The number of β-amino-alcohol motifs (C(OH)–C–C–N with tert-alkyl or cyclic N) is 1. The highest BCUT2D eigenvalue weighted by Crippen LogP contribution is 2.17. The maximum atomic E-state index is 11.7. The minimum atomic E-state index is -1.09. The van der Waals surface area contributed by atoms with Gasteiger partial charge in [-0.2, -0.15) is 0 Å². The first kappa shape index (κ1) is 13.3. The van der Waals surface area contributed by atoms with Crippen molar-refractivity contribution < 1.29 is 19.8 Å². The maximum Gasteiger partial charge on any atom is 0.326 e. The fourth-order valence-electron chi connectivity index (χ4n) is 1.73. The van der Waals surface area contributed by atoms with Gasteiger partial charge < -0.3 is 20.4 Å². The second-order valence-corrected chi connectivity index (χ2v) is 3.80. The molecule has 1 rings (SSSR count). The van der Waals surface area contributed by atoms with E-state index in [0.29, 0.717) is 13.0 Å². The average molecular weight is 240 g/mol. The van der Waals surface area contributed by atoms with Gasteiger partial charge in [-0.25, -0.2) is 9.59 Å². The van der Waals surface area contributed by atoms with Gasteiger partial charge in [0, 0.05) is 25.9 Å². The zero-order chi connectivity index (χ0) is 12.8. The van der Waals surface area contributed by atoms with Crippen LogP contribution in [-0.4, -0.2) is 52.3 Å². The van der Waals surface area contributed by atoms with E-state index in [2.05, 4.69) is 17.2 Å². The van der Waals surface area contributed by atoms with Crippen molar-refractivity contribution in [3.8, 4) is 11.8 Å². The van der Waals surface area contributed by atoms with Crippen LogP contribution in [0.5, 0.6) is 0 Å². The number of aliphatic carboxylic acids is 1. The number of hydrogen-bond acceptors (Lipinski definition) is 3. The SMILES string of the molecule is CC#CCCNC(=O)N1C[C@@H](O)C[C@H]1C(=O)O. The lowest BCUT2D eigenvalue weighted by Gasteiger charge is -2.21. The Hall–Kier alpha value is -1.74. The molecule has 1 aliphatic rings. The lowest BCUT2D eigenvalue weighted by atomic mass is 10.2. The van der Waals surface area contributed by atoms with Crippen molar-refractivity contribution in [2.45, 2.75) is 31.9 Å². The Morgan fingerprint density at radius 1 is 1.53 bits per heavy atom. The number of carboxylic acid groups (broad SMARTS) is 1. The highest BCUT2D eigenvalue weighted by molar-refractivity contribution is 5.83. The molecule has 2 atom stereocenters. The van der Waals surface area contributed by atoms with Gasteiger partial charge in [0.25, 0.3) is 0 Å². The minimum absolute atomic E-state index is 0.0578. The first-order valence-electron chi connectivity index (χ1n) is 5.41. The summed E-state index contributed by atoms with van der Waals surface area (Å²) in [6, 6.07) is -1.41. The highest BCUT2D eigenvalue weighted by atomic mass is 16.4. The van der Waals surface area contributed by atoms with Gasteiger partial charge in [-0.3, -0.25) is 0 Å². The van der Waals surface area contributed by atoms with E-state index >= 15 is 0 Å². The van der Waals surface area contributed by atoms with E-state index in [-0.39, 0.29) is 13.0 Å². The number of carbonyl (C=O) groups is 2. The molecule has 1 saturated heterocycles. The van der Waals surface area contributed by atoms with E-state index in [1.54, 1.807) is 6.92 Å². The second-order valence-electron chi connectivity index (χ2n) is 3.80. The van der Waals surface area contributed by atoms with Crippen LogP contribution in [0.4, 0.5) is 4.79 Å². The fourth-order valence-corrected chi connectivity index (χ4v) is 1.73. The van der Waals surface area contributed by atoms with Crippen LogP contribution in [0.25, 0.3) is 0 Å². The van der Waals surface area contributed by atoms with Crippen molar-refractivity contribution in [1.82, 2.24) is 10.2 Å². The van der Waals surface area contributed by atoms with E-state index in [9.17, 15) is 14.7 Å². The highest BCUT2D eigenvalue weighted by Gasteiger charge is 2.38. The van der Waals surface area contributed by atoms with Crippen molar-refractivity contribution in [3.63, 3.8) is 0 Å². The summed E-state index contributed by atoms with van der Waals surface area (Å²) in [4.78, 5) is 23.7. The number of carboxylic acids is 1. The number of hydrogen-bond donors (Lipinski definition) is 3. The molecule has 2 amide bonds. The number of aliphatic hydroxyl groups excluding tert-OH is 1. The molecule has 0 aliphatic carbocycles. The molecule has 6 nitrogen and oxygen atoms in total. The first-order valence-corrected chi connectivity index (χ1v) is 5.41. The number of nitrogens with one attached hydrogen (secondary N) is 1. The van der Waals surface area contributed by atoms with Crippen molar-refractivity contribution in [2.24, 2.45) is 0 Å². The summed E-state index contributed by atoms with van der Waals surface area (Å²) in [6.45, 7) is 2.14. The molecular formula is C11H16N2O4. The van der Waals surface area contributed by atoms with Gasteiger partial charge in [0.2, 0.25) is 0 Å². The molecule has 0 spiro atoms. The number of amides is 2. The summed E-state index contributed by atoms with van der Waals surface area (Å²) < 4.78 is 0. The van der Waals surface area contributed by atoms with Crippen LogP contribution < -0.4 is 5.32 Å². The van der Waals surface area contributed by atoms with Crippen LogP contribution >= 0.6 is 0 Å². The Morgan fingerprint density at radius 2 is 2.24 bits per heavy atom. The lowest BCUT2D eigenvalue weighted by Crippen LogP contribution is -2.46. The summed E-state index contributed by atoms with van der Waals surface area (Å²) in [5.41, 5.74) is 0. The zero-order valence-electron chi connectivity index (χ0n) is 9.64. The quantitative estimate of drug-likeness (QED) is 0.464. The largest absolute Gasteiger partial charge is 0.480 e. The zero-order valence-corrected chi connectivity index (χ0v) is 9.64. The molecule has 0 aromatic heterocycles. The maximum absolute atomic E-state index is 11.7. The van der Waals surface area contributed by atoms with Crippen LogP contribution in [0.3, 0.4) is 0 Å². The van der Waals surface area contributed by atoms with Crippen LogP contribution in [0, 0.1) is 11.8 Å². The summed E-state index contributed by atoms with van der Waals surface area (Å²) in [7, 11) is 0. The molecule has 94 valence electrons. The Kier molecular flexibility index (Phi) is 4.79. The molecule has 0 unspecified atom stereocenters. The van der Waals surface area contributed by atoms with Gasteiger partial charge in [0.05, 0.1) is 6.10 Å². The summed E-state index contributed by atoms with van der Waals surface area (Å²) in [5.74, 6) is 4.39. The Labute approximate surface area is 99.6 Å². The number of likely N-dealkylation sites (tertiary alicyclic amines) is 1. The summed E-state index contributed by atoms with van der Waals surface area (Å²) >= 11 is 0. The monoisotopic (exact) mass is 240 g/mol. The summed E-state index contributed by atoms with van der Waals surface area (Å²) in [5, 5.41) is 20.8. The normalized spacial score (nSPS) is 22.8. The van der Waals surface area contributed by atoms with Gasteiger partial charge in [0.15, 0.2) is 0 Å². The van der Waals surface area contributed by atoms with Crippen LogP contribution in [0.15, 0.2) is 0 Å². The van der Waals surface area contributed by atoms with E-state index in [0.717, 1.165) is 4.90 Å². The third-order valence-corrected chi connectivity index (χ3v) is 2.53. The van der Waals surface area contributed by atoms with Gasteiger partial charge in [-0.05, 0) is 6.92 Å². The molecule has 1 aliphatic heterocycles. The molecule has 0 aromatic rings. The molecule has 1 heterocycles. The molecule has 0 aromatic carbocycles. The Morgan fingerprint density at radius 3 is 2.82 bits per heavy atom. The number of urea groups is 1. The van der Waals surface area contributed by atoms with Crippen molar-refractivity contribution in [1.29, 1.82) is 0 Å². The summed E-state index contributed by atoms with van der Waals surface area (Å²) in [6.07, 6.45) is -0.161. The van der Waals surface area contributed by atoms with Crippen LogP contribution in [0.1, 0.15) is 19.8 Å².